The largest absolute Gasteiger partial charge is 0.399 e. The number of nitrogens with zero attached hydrogens (tertiary/aromatic N) is 2. The minimum absolute atomic E-state index is 0.0272. The third kappa shape index (κ3) is 2.72. The Bertz CT molecular complexity index is 563. The molecule has 4 nitrogen and oxygen atoms in total. The summed E-state index contributed by atoms with van der Waals surface area (Å²) in [5.41, 5.74) is 8.39. The molecule has 2 N–H and O–H groups in total. The first kappa shape index (κ1) is 15.3. The summed E-state index contributed by atoms with van der Waals surface area (Å²) in [7, 11) is 2.17. The fourth-order valence-electron chi connectivity index (χ4n) is 4.15. The summed E-state index contributed by atoms with van der Waals surface area (Å²) < 4.78 is 0. The molecule has 0 radical (unpaired) electrons. The van der Waals surface area contributed by atoms with Crippen molar-refractivity contribution in [2.24, 2.45) is 0 Å². The Morgan fingerprint density at radius 3 is 2.64 bits per heavy atom. The third-order valence-electron chi connectivity index (χ3n) is 5.36. The molecule has 1 spiro atoms. The summed E-state index contributed by atoms with van der Waals surface area (Å²) in [5.74, 6) is 0.166. The van der Waals surface area contributed by atoms with Crippen LogP contribution in [-0.4, -0.2) is 47.9 Å². The maximum atomic E-state index is 13.2. The van der Waals surface area contributed by atoms with E-state index in [0.29, 0.717) is 5.69 Å². The average Bonchev–Trinajstić information content (AvgIpc) is 2.50. The van der Waals surface area contributed by atoms with E-state index in [9.17, 15) is 4.79 Å². The average molecular weight is 301 g/mol. The van der Waals surface area contributed by atoms with Crippen molar-refractivity contribution in [1.29, 1.82) is 0 Å². The maximum Gasteiger partial charge on any atom is 0.254 e. The van der Waals surface area contributed by atoms with E-state index in [-0.39, 0.29) is 11.4 Å². The minimum atomic E-state index is 0.0272. The smallest absolute Gasteiger partial charge is 0.254 e. The van der Waals surface area contributed by atoms with Crippen LogP contribution < -0.4 is 5.73 Å². The molecule has 1 aliphatic heterocycles. The summed E-state index contributed by atoms with van der Waals surface area (Å²) in [6, 6.07) is 5.66. The van der Waals surface area contributed by atoms with Crippen molar-refractivity contribution in [2.45, 2.75) is 44.6 Å². The zero-order chi connectivity index (χ0) is 15.7. The van der Waals surface area contributed by atoms with Gasteiger partial charge in [-0.05, 0) is 44.5 Å². The van der Waals surface area contributed by atoms with E-state index in [0.717, 1.165) is 43.6 Å². The first-order valence-electron chi connectivity index (χ1n) is 8.38. The number of carbonyl (C=O) groups excluding carboxylic acids is 1. The predicted molar refractivity (Wildman–Crippen MR) is 89.9 cm³/mol. The van der Waals surface area contributed by atoms with Gasteiger partial charge >= 0.3 is 0 Å². The molecule has 120 valence electrons. The second-order valence-corrected chi connectivity index (χ2v) is 7.05. The van der Waals surface area contributed by atoms with Crippen LogP contribution in [0.4, 0.5) is 5.69 Å². The number of nitrogens with two attached hydrogens (primary N) is 1. The standard InChI is InChI=1S/C18H27N3O/c1-14-6-7-15(19)12-16(14)17(22)21-11-10-20(2)13-18(21)8-4-3-5-9-18/h6-7,12H,3-5,8-11,13,19H2,1-2H3. The lowest BCUT2D eigenvalue weighted by atomic mass is 9.78. The van der Waals surface area contributed by atoms with Gasteiger partial charge in [0, 0.05) is 30.9 Å². The van der Waals surface area contributed by atoms with Gasteiger partial charge in [-0.3, -0.25) is 4.79 Å². The van der Waals surface area contributed by atoms with Crippen molar-refractivity contribution in [1.82, 2.24) is 9.80 Å². The molecular weight excluding hydrogens is 274 g/mol. The number of anilines is 1. The number of carbonyl (C=O) groups is 1. The van der Waals surface area contributed by atoms with Crippen molar-refractivity contribution in [2.75, 3.05) is 32.4 Å². The molecule has 1 aliphatic carbocycles. The van der Waals surface area contributed by atoms with Gasteiger partial charge in [0.15, 0.2) is 0 Å². The highest BCUT2D eigenvalue weighted by Gasteiger charge is 2.44. The van der Waals surface area contributed by atoms with Gasteiger partial charge in [-0.2, -0.15) is 0 Å². The van der Waals surface area contributed by atoms with Crippen molar-refractivity contribution in [3.63, 3.8) is 0 Å². The molecule has 1 aromatic rings. The number of piperazine rings is 1. The summed E-state index contributed by atoms with van der Waals surface area (Å²) in [6.45, 7) is 4.77. The molecular formula is C18H27N3O. The highest BCUT2D eigenvalue weighted by molar-refractivity contribution is 5.97. The van der Waals surface area contributed by atoms with E-state index >= 15 is 0 Å². The first-order chi connectivity index (χ1) is 10.5. The Hall–Kier alpha value is -1.55. The highest BCUT2D eigenvalue weighted by atomic mass is 16.2. The second-order valence-electron chi connectivity index (χ2n) is 7.05. The summed E-state index contributed by atoms with van der Waals surface area (Å²) in [4.78, 5) is 17.7. The van der Waals surface area contributed by atoms with Crippen molar-refractivity contribution in [3.05, 3.63) is 29.3 Å². The third-order valence-corrected chi connectivity index (χ3v) is 5.36. The van der Waals surface area contributed by atoms with Gasteiger partial charge in [0.1, 0.15) is 0 Å². The molecule has 0 unspecified atom stereocenters. The molecule has 3 rings (SSSR count). The zero-order valence-corrected chi connectivity index (χ0v) is 13.8. The Labute approximate surface area is 133 Å². The Kier molecular flexibility index (Phi) is 4.13. The Balaban J connectivity index is 1.93. The van der Waals surface area contributed by atoms with Gasteiger partial charge in [0.05, 0.1) is 5.54 Å². The number of rotatable bonds is 1. The maximum absolute atomic E-state index is 13.2. The molecule has 22 heavy (non-hydrogen) atoms. The predicted octanol–water partition coefficient (Wildman–Crippen LogP) is 2.67. The summed E-state index contributed by atoms with van der Waals surface area (Å²) >= 11 is 0. The lowest BCUT2D eigenvalue weighted by Gasteiger charge is -2.52. The molecule has 0 atom stereocenters. The van der Waals surface area contributed by atoms with E-state index in [1.807, 2.05) is 25.1 Å². The molecule has 0 bridgehead atoms. The van der Waals surface area contributed by atoms with Crippen LogP contribution >= 0.6 is 0 Å². The summed E-state index contributed by atoms with van der Waals surface area (Å²) in [5, 5.41) is 0. The van der Waals surface area contributed by atoms with Crippen molar-refractivity contribution in [3.8, 4) is 0 Å². The van der Waals surface area contributed by atoms with E-state index in [4.69, 9.17) is 5.73 Å². The van der Waals surface area contributed by atoms with Crippen molar-refractivity contribution >= 4 is 11.6 Å². The van der Waals surface area contributed by atoms with Gasteiger partial charge < -0.3 is 15.5 Å². The van der Waals surface area contributed by atoms with Gasteiger partial charge in [-0.15, -0.1) is 0 Å². The highest BCUT2D eigenvalue weighted by Crippen LogP contribution is 2.37. The second kappa shape index (κ2) is 5.92. The molecule has 1 heterocycles. The molecule has 1 saturated carbocycles. The lowest BCUT2D eigenvalue weighted by molar-refractivity contribution is -0.00782. The zero-order valence-electron chi connectivity index (χ0n) is 13.8. The van der Waals surface area contributed by atoms with Crippen LogP contribution in [0, 0.1) is 6.92 Å². The van der Waals surface area contributed by atoms with Gasteiger partial charge in [0.2, 0.25) is 0 Å². The minimum Gasteiger partial charge on any atom is -0.399 e. The number of amides is 1. The normalized spacial score (nSPS) is 22.0. The fraction of sp³-hybridized carbons (Fsp3) is 0.611. The quantitative estimate of drug-likeness (QED) is 0.811. The topological polar surface area (TPSA) is 49.6 Å². The van der Waals surface area contributed by atoms with E-state index < -0.39 is 0 Å². The van der Waals surface area contributed by atoms with Gasteiger partial charge in [-0.1, -0.05) is 25.3 Å². The number of hydrogen-bond acceptors (Lipinski definition) is 3. The summed E-state index contributed by atoms with van der Waals surface area (Å²) in [6.07, 6.45) is 6.01. The van der Waals surface area contributed by atoms with E-state index in [1.165, 1.54) is 19.3 Å². The SMILES string of the molecule is Cc1ccc(N)cc1C(=O)N1CCN(C)CC12CCCCC2. The Morgan fingerprint density at radius 2 is 1.91 bits per heavy atom. The number of hydrogen-bond donors (Lipinski definition) is 1. The first-order valence-corrected chi connectivity index (χ1v) is 8.38. The molecule has 1 amide bonds. The molecule has 1 saturated heterocycles. The number of aryl methyl sites for hydroxylation is 1. The van der Waals surface area contributed by atoms with Gasteiger partial charge in [-0.25, -0.2) is 0 Å². The molecule has 2 aliphatic rings. The van der Waals surface area contributed by atoms with E-state index in [2.05, 4.69) is 16.8 Å². The van der Waals surface area contributed by atoms with Crippen LogP contribution in [0.5, 0.6) is 0 Å². The molecule has 2 fully saturated rings. The van der Waals surface area contributed by atoms with Crippen LogP contribution in [0.25, 0.3) is 0 Å². The van der Waals surface area contributed by atoms with Crippen molar-refractivity contribution < 1.29 is 4.79 Å². The van der Waals surface area contributed by atoms with Crippen LogP contribution in [-0.2, 0) is 0 Å². The van der Waals surface area contributed by atoms with Crippen LogP contribution in [0.3, 0.4) is 0 Å². The molecule has 0 aromatic heterocycles. The Morgan fingerprint density at radius 1 is 1.18 bits per heavy atom. The number of nitrogen functional groups attached to an aromatic ring is 1. The fourth-order valence-corrected chi connectivity index (χ4v) is 4.15. The molecule has 1 aromatic carbocycles. The van der Waals surface area contributed by atoms with Crippen LogP contribution in [0.2, 0.25) is 0 Å². The van der Waals surface area contributed by atoms with Crippen LogP contribution in [0.15, 0.2) is 18.2 Å². The lowest BCUT2D eigenvalue weighted by Crippen LogP contribution is -2.63. The van der Waals surface area contributed by atoms with Crippen LogP contribution in [0.1, 0.15) is 48.0 Å². The number of benzene rings is 1. The van der Waals surface area contributed by atoms with E-state index in [1.54, 1.807) is 0 Å². The molecule has 4 heteroatoms. The van der Waals surface area contributed by atoms with Gasteiger partial charge in [0.25, 0.3) is 5.91 Å². The number of likely N-dealkylation sites (N-methyl/N-ethyl adjacent to an activating group) is 1. The monoisotopic (exact) mass is 301 g/mol.